The minimum absolute atomic E-state index is 0.737. The molecular weight excluding hydrogens is 356 g/mol. The molecule has 4 heteroatoms. The van der Waals surface area contributed by atoms with Crippen LogP contribution in [0, 0.1) is 5.92 Å². The van der Waals surface area contributed by atoms with E-state index in [1.807, 2.05) is 12.3 Å². The molecule has 2 fully saturated rings. The molecule has 4 nitrogen and oxygen atoms in total. The standard InChI is InChI=1S/C25H30N4/c1-2-6-15-28(14-5-1)18-20-12-16-29(19-20)25-26-13-11-24(27-25)23-10-9-21-7-3-4-8-22(21)17-23/h3-4,7-11,13,17,20H,1-2,5-6,12,14-16,18-19H2. The van der Waals surface area contributed by atoms with Crippen LogP contribution in [0.25, 0.3) is 22.0 Å². The molecule has 1 unspecified atom stereocenters. The van der Waals surface area contributed by atoms with E-state index in [1.165, 1.54) is 62.5 Å². The maximum absolute atomic E-state index is 4.93. The Morgan fingerprint density at radius 2 is 1.69 bits per heavy atom. The van der Waals surface area contributed by atoms with Gasteiger partial charge in [0, 0.05) is 31.4 Å². The first-order valence-electron chi connectivity index (χ1n) is 11.1. The number of anilines is 1. The van der Waals surface area contributed by atoms with Gasteiger partial charge in [-0.1, -0.05) is 49.2 Å². The number of nitrogens with zero attached hydrogens (tertiary/aromatic N) is 4. The number of fused-ring (bicyclic) bond motifs is 1. The molecule has 0 saturated carbocycles. The van der Waals surface area contributed by atoms with Crippen LogP contribution in [0.1, 0.15) is 32.1 Å². The fourth-order valence-corrected chi connectivity index (χ4v) is 4.86. The van der Waals surface area contributed by atoms with Crippen LogP contribution in [0.3, 0.4) is 0 Å². The number of benzene rings is 2. The van der Waals surface area contributed by atoms with Crippen molar-refractivity contribution in [3.63, 3.8) is 0 Å². The summed E-state index contributed by atoms with van der Waals surface area (Å²) in [4.78, 5) is 14.6. The lowest BCUT2D eigenvalue weighted by molar-refractivity contribution is 0.246. The predicted molar refractivity (Wildman–Crippen MR) is 120 cm³/mol. The van der Waals surface area contributed by atoms with Gasteiger partial charge in [0.2, 0.25) is 5.95 Å². The molecule has 2 aromatic carbocycles. The number of likely N-dealkylation sites (tertiary alicyclic amines) is 1. The molecule has 5 rings (SSSR count). The first-order chi connectivity index (χ1) is 14.3. The molecule has 1 aromatic heterocycles. The van der Waals surface area contributed by atoms with Crippen molar-refractivity contribution in [3.8, 4) is 11.3 Å². The van der Waals surface area contributed by atoms with Gasteiger partial charge in [-0.15, -0.1) is 0 Å². The first kappa shape index (κ1) is 18.6. The third-order valence-corrected chi connectivity index (χ3v) is 6.47. The number of hydrogen-bond donors (Lipinski definition) is 0. The monoisotopic (exact) mass is 386 g/mol. The molecule has 3 aromatic rings. The fraction of sp³-hybridized carbons (Fsp3) is 0.440. The van der Waals surface area contributed by atoms with Crippen molar-refractivity contribution >= 4 is 16.7 Å². The van der Waals surface area contributed by atoms with Crippen molar-refractivity contribution in [3.05, 3.63) is 54.7 Å². The Morgan fingerprint density at radius 1 is 0.862 bits per heavy atom. The van der Waals surface area contributed by atoms with E-state index in [1.54, 1.807) is 0 Å². The Labute approximate surface area is 173 Å². The fourth-order valence-electron chi connectivity index (χ4n) is 4.86. The molecule has 0 spiro atoms. The van der Waals surface area contributed by atoms with E-state index in [-0.39, 0.29) is 0 Å². The van der Waals surface area contributed by atoms with Gasteiger partial charge in [0.1, 0.15) is 0 Å². The third kappa shape index (κ3) is 4.27. The van der Waals surface area contributed by atoms with Crippen LogP contribution in [-0.4, -0.2) is 47.6 Å². The van der Waals surface area contributed by atoms with Crippen molar-refractivity contribution in [1.82, 2.24) is 14.9 Å². The van der Waals surface area contributed by atoms with Gasteiger partial charge in [-0.25, -0.2) is 9.97 Å². The van der Waals surface area contributed by atoms with Crippen LogP contribution < -0.4 is 4.90 Å². The lowest BCUT2D eigenvalue weighted by atomic mass is 10.1. The summed E-state index contributed by atoms with van der Waals surface area (Å²) in [6.45, 7) is 5.95. The lowest BCUT2D eigenvalue weighted by Gasteiger charge is -2.24. The summed E-state index contributed by atoms with van der Waals surface area (Å²) >= 11 is 0. The number of hydrogen-bond acceptors (Lipinski definition) is 4. The molecule has 0 amide bonds. The normalized spacial score (nSPS) is 20.8. The Kier molecular flexibility index (Phi) is 5.44. The minimum atomic E-state index is 0.737. The molecule has 3 heterocycles. The predicted octanol–water partition coefficient (Wildman–Crippen LogP) is 5.00. The van der Waals surface area contributed by atoms with Crippen molar-refractivity contribution in [2.75, 3.05) is 37.6 Å². The summed E-state index contributed by atoms with van der Waals surface area (Å²) in [5, 5.41) is 2.52. The highest BCUT2D eigenvalue weighted by Crippen LogP contribution is 2.27. The topological polar surface area (TPSA) is 32.3 Å². The summed E-state index contributed by atoms with van der Waals surface area (Å²) in [5.74, 6) is 1.62. The van der Waals surface area contributed by atoms with Gasteiger partial charge in [-0.3, -0.25) is 0 Å². The summed E-state index contributed by atoms with van der Waals surface area (Å²) in [7, 11) is 0. The molecule has 0 bridgehead atoms. The zero-order valence-corrected chi connectivity index (χ0v) is 17.1. The van der Waals surface area contributed by atoms with E-state index >= 15 is 0 Å². The van der Waals surface area contributed by atoms with Gasteiger partial charge in [-0.2, -0.15) is 0 Å². The van der Waals surface area contributed by atoms with Crippen molar-refractivity contribution in [2.24, 2.45) is 5.92 Å². The molecule has 2 aliphatic rings. The zero-order chi connectivity index (χ0) is 19.5. The SMILES string of the molecule is c1ccc2cc(-c3ccnc(N4CCC(CN5CCCCCC5)C4)n3)ccc2c1. The molecule has 1 atom stereocenters. The highest BCUT2D eigenvalue weighted by Gasteiger charge is 2.26. The Balaban J connectivity index is 1.29. The van der Waals surface area contributed by atoms with Gasteiger partial charge in [0.25, 0.3) is 0 Å². The smallest absolute Gasteiger partial charge is 0.225 e. The van der Waals surface area contributed by atoms with Crippen LogP contribution in [0.15, 0.2) is 54.7 Å². The second kappa shape index (κ2) is 8.50. The summed E-state index contributed by atoms with van der Waals surface area (Å²) in [6.07, 6.45) is 8.71. The second-order valence-corrected chi connectivity index (χ2v) is 8.62. The van der Waals surface area contributed by atoms with Gasteiger partial charge in [0.05, 0.1) is 5.69 Å². The van der Waals surface area contributed by atoms with E-state index in [9.17, 15) is 0 Å². The van der Waals surface area contributed by atoms with Crippen LogP contribution in [0.2, 0.25) is 0 Å². The largest absolute Gasteiger partial charge is 0.340 e. The lowest BCUT2D eigenvalue weighted by Crippen LogP contribution is -2.32. The van der Waals surface area contributed by atoms with Crippen molar-refractivity contribution in [2.45, 2.75) is 32.1 Å². The van der Waals surface area contributed by atoms with Gasteiger partial charge < -0.3 is 9.80 Å². The van der Waals surface area contributed by atoms with Gasteiger partial charge >= 0.3 is 0 Å². The molecule has 0 radical (unpaired) electrons. The average molecular weight is 387 g/mol. The summed E-state index contributed by atoms with van der Waals surface area (Å²) in [6, 6.07) is 17.1. The highest BCUT2D eigenvalue weighted by atomic mass is 15.3. The minimum Gasteiger partial charge on any atom is -0.340 e. The Morgan fingerprint density at radius 3 is 2.55 bits per heavy atom. The quantitative estimate of drug-likeness (QED) is 0.632. The third-order valence-electron chi connectivity index (χ3n) is 6.47. The number of aromatic nitrogens is 2. The average Bonchev–Trinajstić information content (AvgIpc) is 3.09. The molecule has 2 aliphatic heterocycles. The summed E-state index contributed by atoms with van der Waals surface area (Å²) in [5.41, 5.74) is 2.17. The van der Waals surface area contributed by atoms with E-state index in [4.69, 9.17) is 4.98 Å². The van der Waals surface area contributed by atoms with Crippen LogP contribution >= 0.6 is 0 Å². The Hall–Kier alpha value is -2.46. The van der Waals surface area contributed by atoms with E-state index in [0.717, 1.165) is 36.2 Å². The van der Waals surface area contributed by atoms with E-state index < -0.39 is 0 Å². The maximum Gasteiger partial charge on any atom is 0.225 e. The highest BCUT2D eigenvalue weighted by molar-refractivity contribution is 5.86. The molecule has 2 saturated heterocycles. The molecule has 29 heavy (non-hydrogen) atoms. The molecule has 0 N–H and O–H groups in total. The van der Waals surface area contributed by atoms with Crippen molar-refractivity contribution in [1.29, 1.82) is 0 Å². The van der Waals surface area contributed by atoms with Crippen LogP contribution in [0.4, 0.5) is 5.95 Å². The van der Waals surface area contributed by atoms with Gasteiger partial charge in [0.15, 0.2) is 0 Å². The molecular formula is C25H30N4. The summed E-state index contributed by atoms with van der Waals surface area (Å²) < 4.78 is 0. The van der Waals surface area contributed by atoms with Crippen LogP contribution in [-0.2, 0) is 0 Å². The Bertz CT molecular complexity index is 962. The first-order valence-corrected chi connectivity index (χ1v) is 11.1. The molecule has 0 aliphatic carbocycles. The maximum atomic E-state index is 4.93. The zero-order valence-electron chi connectivity index (χ0n) is 17.1. The van der Waals surface area contributed by atoms with Gasteiger partial charge in [-0.05, 0) is 61.2 Å². The second-order valence-electron chi connectivity index (χ2n) is 8.62. The number of rotatable bonds is 4. The van der Waals surface area contributed by atoms with Crippen LogP contribution in [0.5, 0.6) is 0 Å². The molecule has 150 valence electrons. The van der Waals surface area contributed by atoms with E-state index in [2.05, 4.69) is 57.2 Å². The van der Waals surface area contributed by atoms with E-state index in [0.29, 0.717) is 0 Å². The van der Waals surface area contributed by atoms with Crippen molar-refractivity contribution < 1.29 is 0 Å².